The Labute approximate surface area is 86.5 Å². The third-order valence-corrected chi connectivity index (χ3v) is 2.57. The molecule has 0 spiro atoms. The number of hydrogen-bond donors (Lipinski definition) is 1. The lowest BCUT2D eigenvalue weighted by atomic mass is 9.98. The molecule has 1 N–H and O–H groups in total. The lowest BCUT2D eigenvalue weighted by Crippen LogP contribution is -2.40. The van der Waals surface area contributed by atoms with Crippen molar-refractivity contribution in [1.29, 1.82) is 0 Å². The van der Waals surface area contributed by atoms with E-state index in [0.29, 0.717) is 0 Å². The number of hydrogen-bond acceptors (Lipinski definition) is 3. The van der Waals surface area contributed by atoms with Gasteiger partial charge in [-0.05, 0) is 39.3 Å². The van der Waals surface area contributed by atoms with E-state index in [4.69, 9.17) is 9.47 Å². The standard InChI is InChI=1S/C11H21NO2/c1-4-14-9(2)11(12-3)10-6-5-7-13-8-10/h8-9,11-12H,4-7H2,1-3H3. The van der Waals surface area contributed by atoms with Gasteiger partial charge < -0.3 is 14.8 Å². The van der Waals surface area contributed by atoms with E-state index in [1.807, 2.05) is 20.2 Å². The molecule has 2 unspecified atom stereocenters. The SMILES string of the molecule is CCOC(C)C(NC)C1=COCCC1. The summed E-state index contributed by atoms with van der Waals surface area (Å²) in [6.07, 6.45) is 4.32. The zero-order valence-corrected chi connectivity index (χ0v) is 9.38. The molecule has 1 aliphatic heterocycles. The maximum Gasteiger partial charge on any atom is 0.0876 e. The molecule has 82 valence electrons. The fourth-order valence-electron chi connectivity index (χ4n) is 1.89. The van der Waals surface area contributed by atoms with Gasteiger partial charge in [0.05, 0.1) is 25.0 Å². The van der Waals surface area contributed by atoms with Crippen molar-refractivity contribution in [2.75, 3.05) is 20.3 Å². The normalized spacial score (nSPS) is 20.9. The molecular weight excluding hydrogens is 178 g/mol. The van der Waals surface area contributed by atoms with Gasteiger partial charge in [-0.2, -0.15) is 0 Å². The summed E-state index contributed by atoms with van der Waals surface area (Å²) in [5.74, 6) is 0. The Morgan fingerprint density at radius 2 is 2.43 bits per heavy atom. The smallest absolute Gasteiger partial charge is 0.0876 e. The topological polar surface area (TPSA) is 30.5 Å². The second kappa shape index (κ2) is 6.04. The fraction of sp³-hybridized carbons (Fsp3) is 0.818. The Morgan fingerprint density at radius 3 is 2.93 bits per heavy atom. The van der Waals surface area contributed by atoms with Crippen molar-refractivity contribution >= 4 is 0 Å². The van der Waals surface area contributed by atoms with Crippen molar-refractivity contribution in [3.05, 3.63) is 11.8 Å². The maximum absolute atomic E-state index is 5.59. The Kier molecular flexibility index (Phi) is 4.98. The molecular formula is C11H21NO2. The first-order valence-corrected chi connectivity index (χ1v) is 5.39. The Bertz CT molecular complexity index is 192. The van der Waals surface area contributed by atoms with Gasteiger partial charge >= 0.3 is 0 Å². The second-order valence-corrected chi connectivity index (χ2v) is 3.59. The first kappa shape index (κ1) is 11.5. The quantitative estimate of drug-likeness (QED) is 0.731. The third-order valence-electron chi connectivity index (χ3n) is 2.57. The summed E-state index contributed by atoms with van der Waals surface area (Å²) in [6.45, 7) is 5.73. The van der Waals surface area contributed by atoms with E-state index in [2.05, 4.69) is 12.2 Å². The molecule has 0 saturated carbocycles. The van der Waals surface area contributed by atoms with Crippen LogP contribution >= 0.6 is 0 Å². The molecule has 0 aliphatic carbocycles. The predicted molar refractivity (Wildman–Crippen MR) is 57.2 cm³/mol. The van der Waals surface area contributed by atoms with Gasteiger partial charge in [0.1, 0.15) is 0 Å². The fourth-order valence-corrected chi connectivity index (χ4v) is 1.89. The van der Waals surface area contributed by atoms with Crippen LogP contribution in [-0.2, 0) is 9.47 Å². The van der Waals surface area contributed by atoms with Crippen LogP contribution in [0.5, 0.6) is 0 Å². The molecule has 0 aromatic heterocycles. The van der Waals surface area contributed by atoms with E-state index in [1.54, 1.807) is 0 Å². The summed E-state index contributed by atoms with van der Waals surface area (Å²) in [4.78, 5) is 0. The van der Waals surface area contributed by atoms with Crippen LogP contribution in [0.15, 0.2) is 11.8 Å². The lowest BCUT2D eigenvalue weighted by Gasteiger charge is -2.27. The zero-order chi connectivity index (χ0) is 10.4. The van der Waals surface area contributed by atoms with Gasteiger partial charge in [0.15, 0.2) is 0 Å². The number of nitrogens with one attached hydrogen (secondary N) is 1. The van der Waals surface area contributed by atoms with Crippen LogP contribution in [-0.4, -0.2) is 32.4 Å². The maximum atomic E-state index is 5.59. The van der Waals surface area contributed by atoms with E-state index >= 15 is 0 Å². The van der Waals surface area contributed by atoms with E-state index < -0.39 is 0 Å². The van der Waals surface area contributed by atoms with Crippen molar-refractivity contribution in [2.45, 2.75) is 38.8 Å². The van der Waals surface area contributed by atoms with Crippen molar-refractivity contribution in [1.82, 2.24) is 5.32 Å². The summed E-state index contributed by atoms with van der Waals surface area (Å²) < 4.78 is 10.9. The average molecular weight is 199 g/mol. The van der Waals surface area contributed by atoms with E-state index in [9.17, 15) is 0 Å². The highest BCUT2D eigenvalue weighted by atomic mass is 16.5. The zero-order valence-electron chi connectivity index (χ0n) is 9.38. The molecule has 0 radical (unpaired) electrons. The summed E-state index contributed by atoms with van der Waals surface area (Å²) in [5, 5.41) is 3.28. The van der Waals surface area contributed by atoms with Gasteiger partial charge in [-0.1, -0.05) is 0 Å². The highest BCUT2D eigenvalue weighted by Gasteiger charge is 2.21. The van der Waals surface area contributed by atoms with Crippen molar-refractivity contribution in [3.8, 4) is 0 Å². The molecule has 1 heterocycles. The minimum absolute atomic E-state index is 0.206. The number of ether oxygens (including phenoxy) is 2. The lowest BCUT2D eigenvalue weighted by molar-refractivity contribution is 0.0549. The van der Waals surface area contributed by atoms with Crippen molar-refractivity contribution in [3.63, 3.8) is 0 Å². The molecule has 0 aromatic carbocycles. The van der Waals surface area contributed by atoms with E-state index in [0.717, 1.165) is 26.1 Å². The van der Waals surface area contributed by atoms with Crippen LogP contribution in [0, 0.1) is 0 Å². The minimum atomic E-state index is 0.206. The molecule has 0 saturated heterocycles. The number of rotatable bonds is 5. The van der Waals surface area contributed by atoms with E-state index in [1.165, 1.54) is 5.57 Å². The Hall–Kier alpha value is -0.540. The van der Waals surface area contributed by atoms with Crippen molar-refractivity contribution < 1.29 is 9.47 Å². The average Bonchev–Trinajstić information content (AvgIpc) is 2.21. The summed E-state index contributed by atoms with van der Waals surface area (Å²) in [5.41, 5.74) is 1.32. The molecule has 2 atom stereocenters. The minimum Gasteiger partial charge on any atom is -0.501 e. The highest BCUT2D eigenvalue weighted by molar-refractivity contribution is 5.11. The molecule has 0 fully saturated rings. The van der Waals surface area contributed by atoms with Gasteiger partial charge in [-0.25, -0.2) is 0 Å². The number of likely N-dealkylation sites (N-methyl/N-ethyl adjacent to an activating group) is 1. The first-order valence-electron chi connectivity index (χ1n) is 5.39. The molecule has 3 nitrogen and oxygen atoms in total. The van der Waals surface area contributed by atoms with Crippen LogP contribution in [0.3, 0.4) is 0 Å². The van der Waals surface area contributed by atoms with Gasteiger partial charge in [-0.15, -0.1) is 0 Å². The highest BCUT2D eigenvalue weighted by Crippen LogP contribution is 2.19. The molecule has 0 aromatic rings. The second-order valence-electron chi connectivity index (χ2n) is 3.59. The molecule has 1 aliphatic rings. The summed E-state index contributed by atoms with van der Waals surface area (Å²) >= 11 is 0. The Morgan fingerprint density at radius 1 is 1.64 bits per heavy atom. The monoisotopic (exact) mass is 199 g/mol. The molecule has 0 bridgehead atoms. The van der Waals surface area contributed by atoms with Crippen LogP contribution < -0.4 is 5.32 Å². The Balaban J connectivity index is 2.55. The molecule has 3 heteroatoms. The predicted octanol–water partition coefficient (Wildman–Crippen LogP) is 1.69. The largest absolute Gasteiger partial charge is 0.501 e. The van der Waals surface area contributed by atoms with Gasteiger partial charge in [0, 0.05) is 6.61 Å². The third kappa shape index (κ3) is 3.00. The summed E-state index contributed by atoms with van der Waals surface area (Å²) in [6, 6.07) is 0.287. The van der Waals surface area contributed by atoms with Crippen LogP contribution in [0.1, 0.15) is 26.7 Å². The van der Waals surface area contributed by atoms with Crippen molar-refractivity contribution in [2.24, 2.45) is 0 Å². The van der Waals surface area contributed by atoms with Crippen LogP contribution in [0.25, 0.3) is 0 Å². The molecule has 1 rings (SSSR count). The van der Waals surface area contributed by atoms with Crippen LogP contribution in [0.2, 0.25) is 0 Å². The van der Waals surface area contributed by atoms with Gasteiger partial charge in [0.2, 0.25) is 0 Å². The first-order chi connectivity index (χ1) is 6.79. The molecule has 0 amide bonds. The van der Waals surface area contributed by atoms with Crippen LogP contribution in [0.4, 0.5) is 0 Å². The van der Waals surface area contributed by atoms with E-state index in [-0.39, 0.29) is 12.1 Å². The van der Waals surface area contributed by atoms with Gasteiger partial charge in [-0.3, -0.25) is 0 Å². The summed E-state index contributed by atoms with van der Waals surface area (Å²) in [7, 11) is 1.97. The molecule has 14 heavy (non-hydrogen) atoms. The van der Waals surface area contributed by atoms with Gasteiger partial charge in [0.25, 0.3) is 0 Å².